The summed E-state index contributed by atoms with van der Waals surface area (Å²) >= 11 is 1.10. The van der Waals surface area contributed by atoms with Crippen LogP contribution in [-0.4, -0.2) is 23.2 Å². The molecule has 0 unspecified atom stereocenters. The van der Waals surface area contributed by atoms with Gasteiger partial charge in [-0.05, 0) is 24.3 Å². The van der Waals surface area contributed by atoms with Gasteiger partial charge in [0.05, 0.1) is 24.1 Å². The number of hydrogen-bond donors (Lipinski definition) is 2. The zero-order valence-electron chi connectivity index (χ0n) is 13.9. The van der Waals surface area contributed by atoms with Crippen LogP contribution in [0.3, 0.4) is 0 Å². The first-order valence-corrected chi connectivity index (χ1v) is 8.62. The second kappa shape index (κ2) is 8.13. The highest BCUT2D eigenvalue weighted by Gasteiger charge is 2.32. The molecule has 0 bridgehead atoms. The van der Waals surface area contributed by atoms with E-state index in [2.05, 4.69) is 20.4 Å². The Balaban J connectivity index is 1.60. The number of benzene rings is 1. The molecule has 0 spiro atoms. The third-order valence-corrected chi connectivity index (χ3v) is 4.05. The van der Waals surface area contributed by atoms with E-state index >= 15 is 0 Å². The van der Waals surface area contributed by atoms with E-state index < -0.39 is 23.9 Å². The molecule has 0 saturated carbocycles. The van der Waals surface area contributed by atoms with Crippen LogP contribution in [0.1, 0.15) is 16.2 Å². The number of furan rings is 1. The maximum Gasteiger partial charge on any atom is 0.573 e. The van der Waals surface area contributed by atoms with Crippen LogP contribution in [0.25, 0.3) is 0 Å². The predicted molar refractivity (Wildman–Crippen MR) is 94.2 cm³/mol. The molecule has 0 atom stereocenters. The van der Waals surface area contributed by atoms with Crippen molar-refractivity contribution in [1.29, 1.82) is 0 Å². The average Bonchev–Trinajstić information content (AvgIpc) is 3.27. The van der Waals surface area contributed by atoms with Crippen molar-refractivity contribution in [2.75, 3.05) is 10.6 Å². The summed E-state index contributed by atoms with van der Waals surface area (Å²) < 4.78 is 46.1. The van der Waals surface area contributed by atoms with Gasteiger partial charge in [0.2, 0.25) is 5.91 Å². The van der Waals surface area contributed by atoms with Crippen LogP contribution in [0, 0.1) is 0 Å². The largest absolute Gasteiger partial charge is 0.573 e. The van der Waals surface area contributed by atoms with Gasteiger partial charge in [-0.3, -0.25) is 14.9 Å². The van der Waals surface area contributed by atoms with E-state index in [0.29, 0.717) is 5.69 Å². The van der Waals surface area contributed by atoms with Crippen LogP contribution in [0.2, 0.25) is 0 Å². The van der Waals surface area contributed by atoms with Crippen molar-refractivity contribution < 1.29 is 31.9 Å². The van der Waals surface area contributed by atoms with E-state index in [9.17, 15) is 22.8 Å². The number of rotatable bonds is 6. The topological polar surface area (TPSA) is 93.5 Å². The molecular formula is C17H12F3N3O4S. The van der Waals surface area contributed by atoms with E-state index in [1.807, 2.05) is 0 Å². The predicted octanol–water partition coefficient (Wildman–Crippen LogP) is 4.07. The molecule has 0 saturated heterocycles. The molecular weight excluding hydrogens is 399 g/mol. The molecule has 0 aliphatic carbocycles. The summed E-state index contributed by atoms with van der Waals surface area (Å²) in [5.74, 6) is -1.50. The molecule has 2 N–H and O–H groups in total. The van der Waals surface area contributed by atoms with E-state index in [-0.39, 0.29) is 23.0 Å². The first-order chi connectivity index (χ1) is 13.3. The Kier molecular flexibility index (Phi) is 5.64. The Morgan fingerprint density at radius 2 is 1.93 bits per heavy atom. The quantitative estimate of drug-likeness (QED) is 0.638. The summed E-state index contributed by atoms with van der Waals surface area (Å²) in [6.07, 6.45) is -3.73. The zero-order chi connectivity index (χ0) is 20.1. The minimum Gasteiger partial charge on any atom is -0.459 e. The van der Waals surface area contributed by atoms with Gasteiger partial charge in [-0.2, -0.15) is 0 Å². The third-order valence-electron chi connectivity index (χ3n) is 3.25. The summed E-state index contributed by atoms with van der Waals surface area (Å²) in [6, 6.07) is 8.24. The van der Waals surface area contributed by atoms with Crippen molar-refractivity contribution in [2.45, 2.75) is 12.8 Å². The van der Waals surface area contributed by atoms with Gasteiger partial charge in [0, 0.05) is 5.38 Å². The first kappa shape index (κ1) is 19.4. The van der Waals surface area contributed by atoms with Gasteiger partial charge in [-0.1, -0.05) is 12.1 Å². The summed E-state index contributed by atoms with van der Waals surface area (Å²) in [7, 11) is 0. The lowest BCUT2D eigenvalue weighted by Gasteiger charge is -2.13. The van der Waals surface area contributed by atoms with Gasteiger partial charge in [0.15, 0.2) is 16.6 Å². The highest BCUT2D eigenvalue weighted by molar-refractivity contribution is 7.14. The molecule has 0 radical (unpaired) electrons. The second-order valence-electron chi connectivity index (χ2n) is 5.34. The molecule has 2 amide bonds. The normalized spacial score (nSPS) is 11.1. The number of halogens is 3. The van der Waals surface area contributed by atoms with E-state index in [4.69, 9.17) is 4.42 Å². The van der Waals surface area contributed by atoms with Gasteiger partial charge in [-0.15, -0.1) is 24.5 Å². The Bertz CT molecular complexity index is 970. The number of ether oxygens (including phenoxy) is 1. The third kappa shape index (κ3) is 5.33. The van der Waals surface area contributed by atoms with Crippen LogP contribution in [0.5, 0.6) is 5.75 Å². The smallest absolute Gasteiger partial charge is 0.459 e. The zero-order valence-corrected chi connectivity index (χ0v) is 14.8. The Labute approximate surface area is 160 Å². The fourth-order valence-electron chi connectivity index (χ4n) is 2.15. The number of alkyl halides is 3. The second-order valence-corrected chi connectivity index (χ2v) is 6.20. The molecule has 0 aliphatic rings. The lowest BCUT2D eigenvalue weighted by molar-refractivity contribution is -0.274. The van der Waals surface area contributed by atoms with Crippen LogP contribution in [0.4, 0.5) is 24.0 Å². The molecule has 11 heteroatoms. The standard InChI is InChI=1S/C17H12F3N3O4S/c18-17(19,20)27-12-5-2-1-4-11(12)22-14(24)8-10-9-28-16(21-10)23-15(25)13-6-3-7-26-13/h1-7,9H,8H2,(H,22,24)(H,21,23,25). The van der Waals surface area contributed by atoms with Crippen LogP contribution >= 0.6 is 11.3 Å². The van der Waals surface area contributed by atoms with Gasteiger partial charge < -0.3 is 14.5 Å². The summed E-state index contributed by atoms with van der Waals surface area (Å²) in [5, 5.41) is 6.68. The highest BCUT2D eigenvalue weighted by atomic mass is 32.1. The van der Waals surface area contributed by atoms with E-state index in [1.54, 1.807) is 11.4 Å². The number of aromatic nitrogens is 1. The number of para-hydroxylation sites is 2. The molecule has 2 aromatic heterocycles. The molecule has 146 valence electrons. The average molecular weight is 411 g/mol. The fourth-order valence-corrected chi connectivity index (χ4v) is 2.86. The van der Waals surface area contributed by atoms with Gasteiger partial charge in [-0.25, -0.2) is 4.98 Å². The van der Waals surface area contributed by atoms with Crippen LogP contribution in [-0.2, 0) is 11.2 Å². The Morgan fingerprint density at radius 3 is 2.64 bits per heavy atom. The van der Waals surface area contributed by atoms with Crippen molar-refractivity contribution in [3.05, 3.63) is 59.5 Å². The lowest BCUT2D eigenvalue weighted by Crippen LogP contribution is -2.20. The number of nitrogens with one attached hydrogen (secondary N) is 2. The minimum atomic E-state index is -4.88. The summed E-state index contributed by atoms with van der Waals surface area (Å²) in [6.45, 7) is 0. The number of thiazole rings is 1. The first-order valence-electron chi connectivity index (χ1n) is 7.74. The molecule has 0 aliphatic heterocycles. The van der Waals surface area contributed by atoms with Crippen molar-refractivity contribution in [3.63, 3.8) is 0 Å². The SMILES string of the molecule is O=C(Cc1csc(NC(=O)c2ccco2)n1)Nc1ccccc1OC(F)(F)F. The van der Waals surface area contributed by atoms with Crippen LogP contribution < -0.4 is 15.4 Å². The van der Waals surface area contributed by atoms with Crippen molar-refractivity contribution in [3.8, 4) is 5.75 Å². The maximum absolute atomic E-state index is 12.4. The number of amides is 2. The lowest BCUT2D eigenvalue weighted by atomic mass is 10.2. The van der Waals surface area contributed by atoms with E-state index in [1.165, 1.54) is 30.5 Å². The number of nitrogens with zero attached hydrogens (tertiary/aromatic N) is 1. The minimum absolute atomic E-state index is 0.107. The molecule has 2 heterocycles. The number of carbonyl (C=O) groups excluding carboxylic acids is 2. The number of hydrogen-bond acceptors (Lipinski definition) is 6. The molecule has 3 aromatic rings. The van der Waals surface area contributed by atoms with Crippen molar-refractivity contribution in [1.82, 2.24) is 4.98 Å². The fraction of sp³-hybridized carbons (Fsp3) is 0.118. The summed E-state index contributed by atoms with van der Waals surface area (Å²) in [5.41, 5.74) is 0.220. The molecule has 3 rings (SSSR count). The Hall–Kier alpha value is -3.34. The summed E-state index contributed by atoms with van der Waals surface area (Å²) in [4.78, 5) is 28.1. The van der Waals surface area contributed by atoms with Crippen LogP contribution in [0.15, 0.2) is 52.5 Å². The Morgan fingerprint density at radius 1 is 1.14 bits per heavy atom. The van der Waals surface area contributed by atoms with Crippen molar-refractivity contribution >= 4 is 34.0 Å². The molecule has 0 fully saturated rings. The monoisotopic (exact) mass is 411 g/mol. The molecule has 1 aromatic carbocycles. The van der Waals surface area contributed by atoms with Gasteiger partial charge in [0.1, 0.15) is 0 Å². The number of carbonyl (C=O) groups is 2. The number of anilines is 2. The molecule has 28 heavy (non-hydrogen) atoms. The maximum atomic E-state index is 12.4. The molecule has 7 nitrogen and oxygen atoms in total. The van der Waals surface area contributed by atoms with Gasteiger partial charge >= 0.3 is 6.36 Å². The van der Waals surface area contributed by atoms with Crippen molar-refractivity contribution in [2.24, 2.45) is 0 Å². The van der Waals surface area contributed by atoms with Gasteiger partial charge in [0.25, 0.3) is 5.91 Å². The van der Waals surface area contributed by atoms with E-state index in [0.717, 1.165) is 17.4 Å². The highest BCUT2D eigenvalue weighted by Crippen LogP contribution is 2.30.